The van der Waals surface area contributed by atoms with Gasteiger partial charge in [-0.05, 0) is 48.9 Å². The Bertz CT molecular complexity index is 1310. The van der Waals surface area contributed by atoms with Crippen molar-refractivity contribution in [3.63, 3.8) is 0 Å². The SMILES string of the molecule is CC(Oc1ccc(OCc2ccccc2)cc1)C(=O)NN=Cc1cn[nH]c1-c1ccc(Cl)c(Cl)c1. The number of aromatic nitrogens is 2. The Morgan fingerprint density at radius 2 is 1.80 bits per heavy atom. The van der Waals surface area contributed by atoms with Crippen LogP contribution in [0, 0.1) is 0 Å². The molecule has 178 valence electrons. The summed E-state index contributed by atoms with van der Waals surface area (Å²) in [5.74, 6) is 0.853. The molecule has 4 rings (SSSR count). The van der Waals surface area contributed by atoms with Gasteiger partial charge in [-0.1, -0.05) is 59.6 Å². The highest BCUT2D eigenvalue weighted by Crippen LogP contribution is 2.28. The van der Waals surface area contributed by atoms with E-state index in [1.807, 2.05) is 36.4 Å². The van der Waals surface area contributed by atoms with Gasteiger partial charge in [0.15, 0.2) is 6.10 Å². The van der Waals surface area contributed by atoms with Crippen LogP contribution >= 0.6 is 23.2 Å². The lowest BCUT2D eigenvalue weighted by molar-refractivity contribution is -0.127. The number of hydrogen-bond acceptors (Lipinski definition) is 5. The van der Waals surface area contributed by atoms with Gasteiger partial charge in [-0.15, -0.1) is 0 Å². The van der Waals surface area contributed by atoms with Crippen molar-refractivity contribution in [2.24, 2.45) is 5.10 Å². The highest BCUT2D eigenvalue weighted by molar-refractivity contribution is 6.42. The normalized spacial score (nSPS) is 11.9. The van der Waals surface area contributed by atoms with Crippen molar-refractivity contribution in [3.8, 4) is 22.8 Å². The molecule has 0 spiro atoms. The Morgan fingerprint density at radius 1 is 1.06 bits per heavy atom. The molecule has 0 fully saturated rings. The highest BCUT2D eigenvalue weighted by Gasteiger charge is 2.14. The standard InChI is InChI=1S/C26H22Cl2N4O3/c1-17(35-22-10-8-21(9-11-22)34-16-18-5-3-2-4-6-18)26(33)32-30-15-20-14-29-31-25(20)19-7-12-23(27)24(28)13-19/h2-15,17H,16H2,1H3,(H,29,31)(H,32,33). The van der Waals surface area contributed by atoms with Gasteiger partial charge in [0.2, 0.25) is 0 Å². The zero-order chi connectivity index (χ0) is 24.6. The fourth-order valence-corrected chi connectivity index (χ4v) is 3.44. The minimum absolute atomic E-state index is 0.398. The van der Waals surface area contributed by atoms with E-state index in [9.17, 15) is 4.79 Å². The van der Waals surface area contributed by atoms with Crippen LogP contribution in [-0.2, 0) is 11.4 Å². The average Bonchev–Trinajstić information content (AvgIpc) is 3.34. The van der Waals surface area contributed by atoms with E-state index in [0.717, 1.165) is 11.1 Å². The number of ether oxygens (including phenoxy) is 2. The molecule has 35 heavy (non-hydrogen) atoms. The van der Waals surface area contributed by atoms with Gasteiger partial charge in [-0.25, -0.2) is 5.43 Å². The summed E-state index contributed by atoms with van der Waals surface area (Å²) in [6.07, 6.45) is 2.32. The third-order valence-electron chi connectivity index (χ3n) is 5.01. The summed E-state index contributed by atoms with van der Waals surface area (Å²) in [6.45, 7) is 2.12. The highest BCUT2D eigenvalue weighted by atomic mass is 35.5. The van der Waals surface area contributed by atoms with Crippen molar-refractivity contribution in [3.05, 3.63) is 100 Å². The number of nitrogens with zero attached hydrogens (tertiary/aromatic N) is 2. The minimum atomic E-state index is -0.762. The van der Waals surface area contributed by atoms with Crippen LogP contribution < -0.4 is 14.9 Å². The van der Waals surface area contributed by atoms with Gasteiger partial charge in [-0.3, -0.25) is 9.89 Å². The molecule has 0 aliphatic heterocycles. The van der Waals surface area contributed by atoms with Gasteiger partial charge in [0.25, 0.3) is 5.91 Å². The predicted molar refractivity (Wildman–Crippen MR) is 137 cm³/mol. The Hall–Kier alpha value is -3.81. The molecule has 7 nitrogen and oxygen atoms in total. The van der Waals surface area contributed by atoms with Crippen LogP contribution in [0.15, 0.2) is 84.1 Å². The lowest BCUT2D eigenvalue weighted by atomic mass is 10.1. The third-order valence-corrected chi connectivity index (χ3v) is 5.75. The van der Waals surface area contributed by atoms with Crippen molar-refractivity contribution in [2.45, 2.75) is 19.6 Å². The van der Waals surface area contributed by atoms with E-state index >= 15 is 0 Å². The van der Waals surface area contributed by atoms with E-state index < -0.39 is 12.0 Å². The van der Waals surface area contributed by atoms with E-state index in [0.29, 0.717) is 39.4 Å². The van der Waals surface area contributed by atoms with E-state index in [-0.39, 0.29) is 0 Å². The van der Waals surface area contributed by atoms with Crippen LogP contribution in [0.25, 0.3) is 11.3 Å². The molecule has 1 atom stereocenters. The van der Waals surface area contributed by atoms with Crippen LogP contribution in [0.3, 0.4) is 0 Å². The van der Waals surface area contributed by atoms with Crippen LogP contribution in [0.1, 0.15) is 18.1 Å². The Balaban J connectivity index is 1.29. The maximum absolute atomic E-state index is 12.4. The van der Waals surface area contributed by atoms with Gasteiger partial charge in [0.1, 0.15) is 18.1 Å². The zero-order valence-corrected chi connectivity index (χ0v) is 20.3. The number of benzene rings is 3. The van der Waals surface area contributed by atoms with Gasteiger partial charge in [-0.2, -0.15) is 10.2 Å². The van der Waals surface area contributed by atoms with E-state index in [1.54, 1.807) is 49.5 Å². The number of hydrazone groups is 1. The molecule has 9 heteroatoms. The number of H-pyrrole nitrogens is 1. The molecule has 4 aromatic rings. The molecule has 0 saturated carbocycles. The van der Waals surface area contributed by atoms with Crippen LogP contribution in [0.5, 0.6) is 11.5 Å². The summed E-state index contributed by atoms with van der Waals surface area (Å²) in [5, 5.41) is 11.8. The third kappa shape index (κ3) is 6.62. The van der Waals surface area contributed by atoms with Crippen molar-refractivity contribution in [1.82, 2.24) is 15.6 Å². The van der Waals surface area contributed by atoms with Gasteiger partial charge < -0.3 is 9.47 Å². The first kappa shape index (κ1) is 24.3. The zero-order valence-electron chi connectivity index (χ0n) is 18.7. The smallest absolute Gasteiger partial charge is 0.280 e. The van der Waals surface area contributed by atoms with E-state index in [1.165, 1.54) is 6.21 Å². The summed E-state index contributed by atoms with van der Waals surface area (Å²) in [7, 11) is 0. The number of halogens is 2. The quantitative estimate of drug-likeness (QED) is 0.218. The van der Waals surface area contributed by atoms with Gasteiger partial charge >= 0.3 is 0 Å². The average molecular weight is 509 g/mol. The van der Waals surface area contributed by atoms with Crippen molar-refractivity contribution in [2.75, 3.05) is 0 Å². The number of nitrogens with one attached hydrogen (secondary N) is 2. The molecule has 0 aliphatic rings. The second kappa shape index (κ2) is 11.6. The molecular formula is C26H22Cl2N4O3. The van der Waals surface area contributed by atoms with Crippen LogP contribution in [0.2, 0.25) is 10.0 Å². The molecule has 2 N–H and O–H groups in total. The van der Waals surface area contributed by atoms with Gasteiger partial charge in [0.05, 0.1) is 28.2 Å². The second-order valence-electron chi connectivity index (χ2n) is 7.57. The molecule has 1 amide bonds. The van der Waals surface area contributed by atoms with Crippen molar-refractivity contribution in [1.29, 1.82) is 0 Å². The summed E-state index contributed by atoms with van der Waals surface area (Å²) >= 11 is 12.1. The molecule has 1 heterocycles. The first-order chi connectivity index (χ1) is 17.0. The lowest BCUT2D eigenvalue weighted by Crippen LogP contribution is -2.33. The molecule has 0 aliphatic carbocycles. The number of amides is 1. The molecular weight excluding hydrogens is 487 g/mol. The Labute approximate surface area is 212 Å². The second-order valence-corrected chi connectivity index (χ2v) is 8.38. The van der Waals surface area contributed by atoms with Crippen LogP contribution in [0.4, 0.5) is 0 Å². The van der Waals surface area contributed by atoms with Crippen LogP contribution in [-0.4, -0.2) is 28.4 Å². The summed E-state index contributed by atoms with van der Waals surface area (Å²) in [4.78, 5) is 12.4. The fraction of sp³-hybridized carbons (Fsp3) is 0.115. The molecule has 0 radical (unpaired) electrons. The Kier molecular flexibility index (Phi) is 8.03. The van der Waals surface area contributed by atoms with E-state index in [4.69, 9.17) is 32.7 Å². The molecule has 3 aromatic carbocycles. The molecule has 1 aromatic heterocycles. The first-order valence-corrected chi connectivity index (χ1v) is 11.5. The number of carbonyl (C=O) groups is 1. The van der Waals surface area contributed by atoms with Crippen molar-refractivity contribution >= 4 is 35.3 Å². The largest absolute Gasteiger partial charge is 0.489 e. The van der Waals surface area contributed by atoms with Gasteiger partial charge in [0, 0.05) is 11.1 Å². The monoisotopic (exact) mass is 508 g/mol. The summed E-state index contributed by atoms with van der Waals surface area (Å²) in [5.41, 5.74) is 5.72. The number of aromatic amines is 1. The first-order valence-electron chi connectivity index (χ1n) is 10.7. The number of carbonyl (C=O) groups excluding carboxylic acids is 1. The molecule has 0 bridgehead atoms. The Morgan fingerprint density at radius 3 is 2.54 bits per heavy atom. The number of hydrogen-bond donors (Lipinski definition) is 2. The number of rotatable bonds is 9. The summed E-state index contributed by atoms with van der Waals surface area (Å²) < 4.78 is 11.5. The predicted octanol–water partition coefficient (Wildman–Crippen LogP) is 5.88. The fourth-order valence-electron chi connectivity index (χ4n) is 3.15. The maximum Gasteiger partial charge on any atom is 0.280 e. The molecule has 0 saturated heterocycles. The lowest BCUT2D eigenvalue weighted by Gasteiger charge is -2.13. The molecule has 1 unspecified atom stereocenters. The summed E-state index contributed by atoms with van der Waals surface area (Å²) in [6, 6.07) is 22.2. The van der Waals surface area contributed by atoms with Crippen molar-refractivity contribution < 1.29 is 14.3 Å². The minimum Gasteiger partial charge on any atom is -0.489 e. The maximum atomic E-state index is 12.4. The topological polar surface area (TPSA) is 88.6 Å². The van der Waals surface area contributed by atoms with E-state index in [2.05, 4.69) is 20.7 Å².